The Bertz CT molecular complexity index is 1020. The number of carbonyl (C=O) groups is 1. The number of nitrogens with one attached hydrogen (secondary N) is 2. The van der Waals surface area contributed by atoms with Crippen molar-refractivity contribution in [2.24, 2.45) is 0 Å². The number of amides is 1. The second-order valence-corrected chi connectivity index (χ2v) is 8.87. The summed E-state index contributed by atoms with van der Waals surface area (Å²) < 4.78 is 0. The van der Waals surface area contributed by atoms with Gasteiger partial charge in [-0.25, -0.2) is 15.0 Å². The average Bonchev–Trinajstić information content (AvgIpc) is 3.14. The Balaban J connectivity index is 1.38. The van der Waals surface area contributed by atoms with E-state index in [1.165, 1.54) is 11.3 Å². The van der Waals surface area contributed by atoms with E-state index in [4.69, 9.17) is 4.98 Å². The van der Waals surface area contributed by atoms with Crippen LogP contribution >= 0.6 is 11.3 Å². The number of aryl methyl sites for hydroxylation is 2. The molecule has 4 rings (SSSR count). The van der Waals surface area contributed by atoms with Crippen molar-refractivity contribution in [3.8, 4) is 0 Å². The Morgan fingerprint density at radius 1 is 1.23 bits per heavy atom. The third-order valence-electron chi connectivity index (χ3n) is 5.19. The number of piperidine rings is 1. The predicted octanol–water partition coefficient (Wildman–Crippen LogP) is 4.11. The minimum Gasteiger partial charge on any atom is -0.325 e. The molecule has 0 unspecified atom stereocenters. The molecular weight excluding hydrogens is 396 g/mol. The van der Waals surface area contributed by atoms with E-state index in [0.717, 1.165) is 53.7 Å². The van der Waals surface area contributed by atoms with Crippen molar-refractivity contribution in [1.82, 2.24) is 19.9 Å². The van der Waals surface area contributed by atoms with Gasteiger partial charge in [-0.15, -0.1) is 11.3 Å². The van der Waals surface area contributed by atoms with Crippen molar-refractivity contribution in [3.05, 3.63) is 58.9 Å². The summed E-state index contributed by atoms with van der Waals surface area (Å²) in [6, 6.07) is 10.0. The van der Waals surface area contributed by atoms with Crippen molar-refractivity contribution in [3.63, 3.8) is 0 Å². The summed E-state index contributed by atoms with van der Waals surface area (Å²) >= 11 is 1.50. The standard InChI is InChI=1S/C22H26N6OS/c1-15-6-4-10-23-21(15)26-19-9-3-8-18(25-19)17-7-5-11-28(13-17)14-20(29)27-22-24-12-16(2)30-22/h3-4,6,8-10,12,17H,5,7,11,13-14H2,1-2H3,(H,23,25,26)(H,24,27,29)/t17-/m1/s1. The number of likely N-dealkylation sites (tertiary alicyclic amines) is 1. The monoisotopic (exact) mass is 422 g/mol. The van der Waals surface area contributed by atoms with Gasteiger partial charge in [-0.3, -0.25) is 9.69 Å². The van der Waals surface area contributed by atoms with Crippen LogP contribution in [0.2, 0.25) is 0 Å². The van der Waals surface area contributed by atoms with Gasteiger partial charge in [0.1, 0.15) is 11.6 Å². The van der Waals surface area contributed by atoms with Crippen LogP contribution in [-0.4, -0.2) is 45.4 Å². The number of hydrogen-bond acceptors (Lipinski definition) is 7. The van der Waals surface area contributed by atoms with Gasteiger partial charge in [0, 0.05) is 35.4 Å². The van der Waals surface area contributed by atoms with Crippen molar-refractivity contribution in [1.29, 1.82) is 0 Å². The lowest BCUT2D eigenvalue weighted by Gasteiger charge is -2.32. The Labute approximate surface area is 180 Å². The molecule has 8 heteroatoms. The number of aromatic nitrogens is 3. The Morgan fingerprint density at radius 2 is 2.13 bits per heavy atom. The summed E-state index contributed by atoms with van der Waals surface area (Å²) in [5.41, 5.74) is 2.13. The third kappa shape index (κ3) is 5.20. The summed E-state index contributed by atoms with van der Waals surface area (Å²) in [6.07, 6.45) is 5.67. The van der Waals surface area contributed by atoms with Crippen LogP contribution in [0.4, 0.5) is 16.8 Å². The van der Waals surface area contributed by atoms with E-state index in [2.05, 4.69) is 31.6 Å². The number of hydrogen-bond donors (Lipinski definition) is 2. The number of thiazole rings is 1. The van der Waals surface area contributed by atoms with E-state index in [1.807, 2.05) is 38.1 Å². The Hall–Kier alpha value is -2.84. The van der Waals surface area contributed by atoms with Crippen molar-refractivity contribution < 1.29 is 4.79 Å². The molecule has 1 fully saturated rings. The molecule has 4 heterocycles. The van der Waals surface area contributed by atoms with Crippen molar-refractivity contribution >= 4 is 34.0 Å². The van der Waals surface area contributed by atoms with Crippen molar-refractivity contribution in [2.45, 2.75) is 32.6 Å². The van der Waals surface area contributed by atoms with Crippen LogP contribution in [0.3, 0.4) is 0 Å². The van der Waals surface area contributed by atoms with Gasteiger partial charge in [0.05, 0.1) is 6.54 Å². The van der Waals surface area contributed by atoms with Gasteiger partial charge < -0.3 is 10.6 Å². The first-order valence-electron chi connectivity index (χ1n) is 10.2. The van der Waals surface area contributed by atoms with Gasteiger partial charge in [-0.05, 0) is 57.0 Å². The minimum absolute atomic E-state index is 0.0148. The highest BCUT2D eigenvalue weighted by Gasteiger charge is 2.24. The van der Waals surface area contributed by atoms with Crippen LogP contribution in [0.1, 0.15) is 34.9 Å². The minimum atomic E-state index is -0.0148. The van der Waals surface area contributed by atoms with Crippen LogP contribution in [0.25, 0.3) is 0 Å². The normalized spacial score (nSPS) is 16.9. The highest BCUT2D eigenvalue weighted by molar-refractivity contribution is 7.15. The van der Waals surface area contributed by atoms with Crippen LogP contribution in [0, 0.1) is 13.8 Å². The summed E-state index contributed by atoms with van der Waals surface area (Å²) in [7, 11) is 0. The first-order chi connectivity index (χ1) is 14.6. The smallest absolute Gasteiger partial charge is 0.240 e. The van der Waals surface area contributed by atoms with Crippen LogP contribution < -0.4 is 10.6 Å². The van der Waals surface area contributed by atoms with E-state index in [-0.39, 0.29) is 5.91 Å². The topological polar surface area (TPSA) is 83.0 Å². The molecular formula is C22H26N6OS. The molecule has 1 amide bonds. The van der Waals surface area contributed by atoms with Crippen molar-refractivity contribution in [2.75, 3.05) is 30.3 Å². The predicted molar refractivity (Wildman–Crippen MR) is 120 cm³/mol. The van der Waals surface area contributed by atoms with E-state index >= 15 is 0 Å². The summed E-state index contributed by atoms with van der Waals surface area (Å²) in [4.78, 5) is 29.1. The van der Waals surface area contributed by atoms with Crippen LogP contribution in [-0.2, 0) is 4.79 Å². The number of pyridine rings is 2. The van der Waals surface area contributed by atoms with E-state index < -0.39 is 0 Å². The highest BCUT2D eigenvalue weighted by atomic mass is 32.1. The molecule has 0 aliphatic carbocycles. The van der Waals surface area contributed by atoms with Crippen LogP contribution in [0.15, 0.2) is 42.7 Å². The van der Waals surface area contributed by atoms with Gasteiger partial charge in [0.2, 0.25) is 5.91 Å². The number of nitrogens with zero attached hydrogens (tertiary/aromatic N) is 4. The van der Waals surface area contributed by atoms with Crippen LogP contribution in [0.5, 0.6) is 0 Å². The fraction of sp³-hybridized carbons (Fsp3) is 0.364. The number of anilines is 3. The van der Waals surface area contributed by atoms with E-state index in [1.54, 1.807) is 12.4 Å². The quantitative estimate of drug-likeness (QED) is 0.622. The second kappa shape index (κ2) is 9.32. The molecule has 0 bridgehead atoms. The molecule has 0 aromatic carbocycles. The molecule has 1 atom stereocenters. The number of carbonyl (C=O) groups excluding carboxylic acids is 1. The third-order valence-corrected chi connectivity index (χ3v) is 6.01. The lowest BCUT2D eigenvalue weighted by Crippen LogP contribution is -2.40. The molecule has 1 saturated heterocycles. The lowest BCUT2D eigenvalue weighted by molar-refractivity contribution is -0.117. The van der Waals surface area contributed by atoms with Gasteiger partial charge in [-0.2, -0.15) is 0 Å². The van der Waals surface area contributed by atoms with Gasteiger partial charge in [0.15, 0.2) is 5.13 Å². The van der Waals surface area contributed by atoms with Gasteiger partial charge in [-0.1, -0.05) is 12.1 Å². The zero-order valence-electron chi connectivity index (χ0n) is 17.3. The van der Waals surface area contributed by atoms with Gasteiger partial charge in [0.25, 0.3) is 0 Å². The zero-order chi connectivity index (χ0) is 20.9. The maximum atomic E-state index is 12.4. The lowest BCUT2D eigenvalue weighted by atomic mass is 9.94. The molecule has 0 saturated carbocycles. The van der Waals surface area contributed by atoms with E-state index in [9.17, 15) is 4.79 Å². The Morgan fingerprint density at radius 3 is 2.93 bits per heavy atom. The highest BCUT2D eigenvalue weighted by Crippen LogP contribution is 2.27. The number of rotatable bonds is 6. The molecule has 7 nitrogen and oxygen atoms in total. The molecule has 1 aliphatic heterocycles. The summed E-state index contributed by atoms with van der Waals surface area (Å²) in [5.74, 6) is 1.91. The zero-order valence-corrected chi connectivity index (χ0v) is 18.1. The molecule has 3 aromatic heterocycles. The van der Waals surface area contributed by atoms with E-state index in [0.29, 0.717) is 17.6 Å². The van der Waals surface area contributed by atoms with Gasteiger partial charge >= 0.3 is 0 Å². The fourth-order valence-electron chi connectivity index (χ4n) is 3.70. The summed E-state index contributed by atoms with van der Waals surface area (Å²) in [5, 5.41) is 6.88. The molecule has 156 valence electrons. The molecule has 0 radical (unpaired) electrons. The maximum absolute atomic E-state index is 12.4. The molecule has 0 spiro atoms. The summed E-state index contributed by atoms with van der Waals surface area (Å²) in [6.45, 7) is 6.12. The fourth-order valence-corrected chi connectivity index (χ4v) is 4.38. The first-order valence-corrected chi connectivity index (χ1v) is 11.0. The average molecular weight is 423 g/mol. The molecule has 1 aliphatic rings. The molecule has 30 heavy (non-hydrogen) atoms. The Kier molecular flexibility index (Phi) is 6.35. The largest absolute Gasteiger partial charge is 0.325 e. The SMILES string of the molecule is Cc1cnc(NC(=O)CN2CCC[C@@H](c3cccc(Nc4ncccc4C)n3)C2)s1. The second-order valence-electron chi connectivity index (χ2n) is 7.64. The maximum Gasteiger partial charge on any atom is 0.240 e. The molecule has 2 N–H and O–H groups in total. The molecule has 3 aromatic rings. The first kappa shape index (κ1) is 20.4.